The number of nitrogens with zero attached hydrogens (tertiary/aromatic N) is 3. The van der Waals surface area contributed by atoms with Crippen molar-refractivity contribution in [3.8, 4) is 5.69 Å². The SMILES string of the molecule is CN1CCC(C(=O)Nc2cccc(-n3cccn3)c2)(c2ccccc2)CC1. The zero-order chi connectivity index (χ0) is 18.7. The summed E-state index contributed by atoms with van der Waals surface area (Å²) < 4.78 is 1.79. The molecule has 0 unspecified atom stereocenters. The number of carbonyl (C=O) groups excluding carboxylic acids is 1. The minimum atomic E-state index is -0.491. The number of anilines is 1. The molecule has 1 saturated heterocycles. The molecule has 5 heteroatoms. The molecule has 4 rings (SSSR count). The summed E-state index contributed by atoms with van der Waals surface area (Å²) in [6.45, 7) is 1.82. The van der Waals surface area contributed by atoms with Gasteiger partial charge in [0.05, 0.1) is 11.1 Å². The zero-order valence-electron chi connectivity index (χ0n) is 15.5. The Morgan fingerprint density at radius 3 is 2.52 bits per heavy atom. The average Bonchev–Trinajstić information content (AvgIpc) is 3.24. The van der Waals surface area contributed by atoms with Gasteiger partial charge in [0.25, 0.3) is 0 Å². The summed E-state index contributed by atoms with van der Waals surface area (Å²) >= 11 is 0. The maximum absolute atomic E-state index is 13.4. The first kappa shape index (κ1) is 17.5. The summed E-state index contributed by atoms with van der Waals surface area (Å²) in [5.74, 6) is 0.0689. The van der Waals surface area contributed by atoms with Crippen molar-refractivity contribution in [1.82, 2.24) is 14.7 Å². The Morgan fingerprint density at radius 2 is 1.81 bits per heavy atom. The molecule has 27 heavy (non-hydrogen) atoms. The molecular formula is C22H24N4O. The molecule has 138 valence electrons. The molecule has 1 N–H and O–H groups in total. The van der Waals surface area contributed by atoms with Gasteiger partial charge in [-0.15, -0.1) is 0 Å². The van der Waals surface area contributed by atoms with E-state index < -0.39 is 5.41 Å². The number of carbonyl (C=O) groups is 1. The van der Waals surface area contributed by atoms with Crippen LogP contribution in [0.4, 0.5) is 5.69 Å². The third-order valence-corrected chi connectivity index (χ3v) is 5.47. The first-order valence-corrected chi connectivity index (χ1v) is 9.33. The molecule has 1 fully saturated rings. The van der Waals surface area contributed by atoms with Crippen molar-refractivity contribution in [2.24, 2.45) is 0 Å². The Hall–Kier alpha value is -2.92. The molecule has 0 aliphatic carbocycles. The van der Waals surface area contributed by atoms with Crippen LogP contribution in [-0.4, -0.2) is 40.7 Å². The van der Waals surface area contributed by atoms with Crippen LogP contribution in [0, 0.1) is 0 Å². The Balaban J connectivity index is 1.62. The van der Waals surface area contributed by atoms with Crippen LogP contribution in [0.5, 0.6) is 0 Å². The third-order valence-electron chi connectivity index (χ3n) is 5.47. The summed E-state index contributed by atoms with van der Waals surface area (Å²) in [7, 11) is 2.11. The summed E-state index contributed by atoms with van der Waals surface area (Å²) in [6, 6.07) is 19.9. The van der Waals surface area contributed by atoms with Gasteiger partial charge in [-0.3, -0.25) is 4.79 Å². The van der Waals surface area contributed by atoms with Gasteiger partial charge < -0.3 is 10.2 Å². The summed E-state index contributed by atoms with van der Waals surface area (Å²) in [6.07, 6.45) is 5.27. The van der Waals surface area contributed by atoms with E-state index in [0.29, 0.717) is 0 Å². The lowest BCUT2D eigenvalue weighted by molar-refractivity contribution is -0.123. The van der Waals surface area contributed by atoms with Crippen LogP contribution in [0.1, 0.15) is 18.4 Å². The fourth-order valence-corrected chi connectivity index (χ4v) is 3.80. The smallest absolute Gasteiger partial charge is 0.235 e. The molecule has 3 aromatic rings. The Bertz CT molecular complexity index is 897. The van der Waals surface area contributed by atoms with Gasteiger partial charge in [-0.05, 0) is 62.8 Å². The van der Waals surface area contributed by atoms with E-state index in [0.717, 1.165) is 42.9 Å². The van der Waals surface area contributed by atoms with Gasteiger partial charge in [-0.25, -0.2) is 4.68 Å². The molecule has 5 nitrogen and oxygen atoms in total. The molecule has 0 bridgehead atoms. The fraction of sp³-hybridized carbons (Fsp3) is 0.273. The normalized spacial score (nSPS) is 16.8. The Morgan fingerprint density at radius 1 is 1.04 bits per heavy atom. The highest BCUT2D eigenvalue weighted by Gasteiger charge is 2.42. The number of hydrogen-bond donors (Lipinski definition) is 1. The highest BCUT2D eigenvalue weighted by Crippen LogP contribution is 2.36. The predicted octanol–water partition coefficient (Wildman–Crippen LogP) is 3.47. The van der Waals surface area contributed by atoms with Gasteiger partial charge in [0.15, 0.2) is 0 Å². The zero-order valence-corrected chi connectivity index (χ0v) is 15.5. The lowest BCUT2D eigenvalue weighted by Crippen LogP contribution is -2.48. The van der Waals surface area contributed by atoms with Gasteiger partial charge in [0.1, 0.15) is 0 Å². The van der Waals surface area contributed by atoms with Crippen molar-refractivity contribution in [2.45, 2.75) is 18.3 Å². The van der Waals surface area contributed by atoms with Crippen molar-refractivity contribution in [3.63, 3.8) is 0 Å². The van der Waals surface area contributed by atoms with E-state index in [1.807, 2.05) is 54.7 Å². The number of hydrogen-bond acceptors (Lipinski definition) is 3. The number of amides is 1. The Labute approximate surface area is 159 Å². The molecule has 0 spiro atoms. The molecule has 1 aliphatic heterocycles. The summed E-state index contributed by atoms with van der Waals surface area (Å²) in [4.78, 5) is 15.7. The lowest BCUT2D eigenvalue weighted by atomic mass is 9.72. The maximum Gasteiger partial charge on any atom is 0.235 e. The topological polar surface area (TPSA) is 50.2 Å². The number of nitrogens with one attached hydrogen (secondary N) is 1. The highest BCUT2D eigenvalue weighted by molar-refractivity contribution is 5.99. The molecule has 1 amide bonds. The second-order valence-electron chi connectivity index (χ2n) is 7.21. The van der Waals surface area contributed by atoms with E-state index in [1.54, 1.807) is 10.9 Å². The third kappa shape index (κ3) is 3.51. The van der Waals surface area contributed by atoms with Crippen molar-refractivity contribution in [3.05, 3.63) is 78.6 Å². The van der Waals surface area contributed by atoms with Crippen LogP contribution in [0.2, 0.25) is 0 Å². The number of benzene rings is 2. The van der Waals surface area contributed by atoms with E-state index >= 15 is 0 Å². The minimum absolute atomic E-state index is 0.0689. The molecule has 0 atom stereocenters. The molecular weight excluding hydrogens is 336 g/mol. The molecule has 0 saturated carbocycles. The summed E-state index contributed by atoms with van der Waals surface area (Å²) in [5, 5.41) is 7.43. The maximum atomic E-state index is 13.4. The second kappa shape index (κ2) is 7.37. The fourth-order valence-electron chi connectivity index (χ4n) is 3.80. The van der Waals surface area contributed by atoms with Crippen LogP contribution in [0.3, 0.4) is 0 Å². The number of likely N-dealkylation sites (tertiary alicyclic amines) is 1. The standard InChI is InChI=1S/C22H24N4O/c1-25-15-11-22(12-16-25,18-7-3-2-4-8-18)21(27)24-19-9-5-10-20(17-19)26-14-6-13-23-26/h2-10,13-14,17H,11-12,15-16H2,1H3,(H,24,27). The largest absolute Gasteiger partial charge is 0.325 e. The van der Waals surface area contributed by atoms with Gasteiger partial charge in [0, 0.05) is 18.1 Å². The number of piperidine rings is 1. The van der Waals surface area contributed by atoms with Crippen LogP contribution >= 0.6 is 0 Å². The molecule has 0 radical (unpaired) electrons. The van der Waals surface area contributed by atoms with E-state index in [1.165, 1.54) is 0 Å². The van der Waals surface area contributed by atoms with Crippen molar-refractivity contribution < 1.29 is 4.79 Å². The van der Waals surface area contributed by atoms with Gasteiger partial charge in [-0.2, -0.15) is 5.10 Å². The predicted molar refractivity (Wildman–Crippen MR) is 107 cm³/mol. The first-order chi connectivity index (χ1) is 13.2. The average molecular weight is 360 g/mol. The molecule has 1 aromatic heterocycles. The van der Waals surface area contributed by atoms with Crippen LogP contribution in [0.25, 0.3) is 5.69 Å². The number of aromatic nitrogens is 2. The van der Waals surface area contributed by atoms with E-state index in [2.05, 4.69) is 34.5 Å². The minimum Gasteiger partial charge on any atom is -0.325 e. The van der Waals surface area contributed by atoms with Gasteiger partial charge in [0.2, 0.25) is 5.91 Å². The van der Waals surface area contributed by atoms with Crippen molar-refractivity contribution in [2.75, 3.05) is 25.5 Å². The molecule has 2 heterocycles. The quantitative estimate of drug-likeness (QED) is 0.775. The van der Waals surface area contributed by atoms with E-state index in [4.69, 9.17) is 0 Å². The van der Waals surface area contributed by atoms with E-state index in [9.17, 15) is 4.79 Å². The molecule has 1 aliphatic rings. The lowest BCUT2D eigenvalue weighted by Gasteiger charge is -2.39. The number of rotatable bonds is 4. The van der Waals surface area contributed by atoms with Gasteiger partial charge >= 0.3 is 0 Å². The monoisotopic (exact) mass is 360 g/mol. The highest BCUT2D eigenvalue weighted by atomic mass is 16.2. The first-order valence-electron chi connectivity index (χ1n) is 9.33. The summed E-state index contributed by atoms with van der Waals surface area (Å²) in [5.41, 5.74) is 2.33. The van der Waals surface area contributed by atoms with Crippen LogP contribution in [0.15, 0.2) is 73.1 Å². The molecule has 2 aromatic carbocycles. The van der Waals surface area contributed by atoms with E-state index in [-0.39, 0.29) is 5.91 Å². The Kier molecular flexibility index (Phi) is 4.77. The van der Waals surface area contributed by atoms with Crippen LogP contribution in [-0.2, 0) is 10.2 Å². The van der Waals surface area contributed by atoms with Crippen molar-refractivity contribution >= 4 is 11.6 Å². The van der Waals surface area contributed by atoms with Crippen LogP contribution < -0.4 is 5.32 Å². The second-order valence-corrected chi connectivity index (χ2v) is 7.21. The van der Waals surface area contributed by atoms with Crippen molar-refractivity contribution in [1.29, 1.82) is 0 Å². The van der Waals surface area contributed by atoms with Gasteiger partial charge in [-0.1, -0.05) is 36.4 Å².